The van der Waals surface area contributed by atoms with Crippen molar-refractivity contribution in [2.75, 3.05) is 44.6 Å². The van der Waals surface area contributed by atoms with E-state index in [0.29, 0.717) is 24.7 Å². The number of carbonyl (C=O) groups is 2. The van der Waals surface area contributed by atoms with Gasteiger partial charge in [0.15, 0.2) is 0 Å². The molecule has 30 heavy (non-hydrogen) atoms. The Hall–Kier alpha value is -2.41. The Morgan fingerprint density at radius 1 is 0.867 bits per heavy atom. The lowest BCUT2D eigenvalue weighted by molar-refractivity contribution is -0.123. The lowest BCUT2D eigenvalue weighted by Crippen LogP contribution is -2.50. The van der Waals surface area contributed by atoms with Gasteiger partial charge in [0.25, 0.3) is 0 Å². The quantitative estimate of drug-likeness (QED) is 0.711. The molecule has 0 bridgehead atoms. The van der Waals surface area contributed by atoms with Crippen LogP contribution >= 0.6 is 11.6 Å². The lowest BCUT2D eigenvalue weighted by atomic mass is 10.1. The van der Waals surface area contributed by atoms with Gasteiger partial charge in [-0.3, -0.25) is 19.4 Å². The van der Waals surface area contributed by atoms with E-state index in [1.807, 2.05) is 56.3 Å². The minimum absolute atomic E-state index is 0.00144. The molecule has 0 radical (unpaired) electrons. The van der Waals surface area contributed by atoms with Gasteiger partial charge >= 0.3 is 0 Å². The van der Waals surface area contributed by atoms with Gasteiger partial charge in [0, 0.05) is 43.4 Å². The number of piperazine rings is 1. The van der Waals surface area contributed by atoms with Gasteiger partial charge in [-0.1, -0.05) is 41.9 Å². The standard InChI is InChI=1S/C23H29ClN4O2/c1-17-4-3-5-18(2)23(17)26-22(30)16-28-12-10-27(11-13-28)15-21(29)25-14-19-6-8-20(24)9-7-19/h3-9H,10-16H2,1-2H3,(H,25,29)(H,26,30). The van der Waals surface area contributed by atoms with Crippen LogP contribution in [-0.4, -0.2) is 60.9 Å². The topological polar surface area (TPSA) is 64.7 Å². The van der Waals surface area contributed by atoms with Crippen LogP contribution in [0.2, 0.25) is 5.02 Å². The van der Waals surface area contributed by atoms with Crippen LogP contribution < -0.4 is 10.6 Å². The Labute approximate surface area is 183 Å². The first kappa shape index (κ1) is 22.3. The number of halogens is 1. The monoisotopic (exact) mass is 428 g/mol. The van der Waals surface area contributed by atoms with E-state index in [2.05, 4.69) is 20.4 Å². The number of aryl methyl sites for hydroxylation is 2. The Kier molecular flexibility index (Phi) is 7.85. The number of para-hydroxylation sites is 1. The number of anilines is 1. The van der Waals surface area contributed by atoms with E-state index in [-0.39, 0.29) is 11.8 Å². The second-order valence-corrected chi connectivity index (χ2v) is 8.21. The van der Waals surface area contributed by atoms with Crippen LogP contribution in [0.4, 0.5) is 5.69 Å². The molecule has 3 rings (SSSR count). The third-order valence-electron chi connectivity index (χ3n) is 5.35. The molecule has 0 spiro atoms. The summed E-state index contributed by atoms with van der Waals surface area (Å²) in [5, 5.41) is 6.67. The minimum atomic E-state index is 0.00144. The molecule has 7 heteroatoms. The first-order chi connectivity index (χ1) is 14.4. The van der Waals surface area contributed by atoms with Crippen molar-refractivity contribution in [3.8, 4) is 0 Å². The van der Waals surface area contributed by atoms with E-state index in [1.54, 1.807) is 0 Å². The van der Waals surface area contributed by atoms with E-state index in [1.165, 1.54) is 0 Å². The first-order valence-corrected chi connectivity index (χ1v) is 10.6. The number of rotatable bonds is 7. The predicted octanol–water partition coefficient (Wildman–Crippen LogP) is 2.83. The van der Waals surface area contributed by atoms with Gasteiger partial charge in [-0.25, -0.2) is 0 Å². The molecule has 6 nitrogen and oxygen atoms in total. The molecule has 2 aromatic rings. The molecular formula is C23H29ClN4O2. The molecule has 1 fully saturated rings. The zero-order chi connectivity index (χ0) is 21.5. The molecule has 0 saturated carbocycles. The summed E-state index contributed by atoms with van der Waals surface area (Å²) in [4.78, 5) is 28.9. The highest BCUT2D eigenvalue weighted by Crippen LogP contribution is 2.19. The lowest BCUT2D eigenvalue weighted by Gasteiger charge is -2.33. The predicted molar refractivity (Wildman–Crippen MR) is 121 cm³/mol. The zero-order valence-corrected chi connectivity index (χ0v) is 18.3. The fourth-order valence-electron chi connectivity index (χ4n) is 3.56. The zero-order valence-electron chi connectivity index (χ0n) is 17.6. The highest BCUT2D eigenvalue weighted by atomic mass is 35.5. The van der Waals surface area contributed by atoms with Crippen LogP contribution in [-0.2, 0) is 16.1 Å². The van der Waals surface area contributed by atoms with E-state index in [0.717, 1.165) is 48.6 Å². The number of hydrogen-bond donors (Lipinski definition) is 2. The van der Waals surface area contributed by atoms with Crippen LogP contribution in [0.25, 0.3) is 0 Å². The highest BCUT2D eigenvalue weighted by Gasteiger charge is 2.21. The number of carbonyl (C=O) groups excluding carboxylic acids is 2. The van der Waals surface area contributed by atoms with Gasteiger partial charge in [0.05, 0.1) is 13.1 Å². The number of hydrogen-bond acceptors (Lipinski definition) is 4. The molecule has 0 atom stereocenters. The maximum absolute atomic E-state index is 12.4. The Balaban J connectivity index is 1.37. The molecule has 1 aliphatic rings. The van der Waals surface area contributed by atoms with Crippen LogP contribution in [0.1, 0.15) is 16.7 Å². The Morgan fingerprint density at radius 2 is 1.40 bits per heavy atom. The molecule has 2 amide bonds. The van der Waals surface area contributed by atoms with Crippen LogP contribution in [0.5, 0.6) is 0 Å². The van der Waals surface area contributed by atoms with Gasteiger partial charge in [-0.05, 0) is 42.7 Å². The van der Waals surface area contributed by atoms with Crippen molar-refractivity contribution < 1.29 is 9.59 Å². The summed E-state index contributed by atoms with van der Waals surface area (Å²) in [5.41, 5.74) is 4.06. The van der Waals surface area contributed by atoms with Crippen molar-refractivity contribution in [2.45, 2.75) is 20.4 Å². The normalized spacial score (nSPS) is 15.0. The summed E-state index contributed by atoms with van der Waals surface area (Å²) in [7, 11) is 0. The van der Waals surface area contributed by atoms with E-state index < -0.39 is 0 Å². The molecule has 2 aromatic carbocycles. The van der Waals surface area contributed by atoms with Crippen molar-refractivity contribution in [3.63, 3.8) is 0 Å². The first-order valence-electron chi connectivity index (χ1n) is 10.2. The van der Waals surface area contributed by atoms with E-state index >= 15 is 0 Å². The number of benzene rings is 2. The van der Waals surface area contributed by atoms with Crippen molar-refractivity contribution in [3.05, 3.63) is 64.2 Å². The number of nitrogens with zero attached hydrogens (tertiary/aromatic N) is 2. The molecular weight excluding hydrogens is 400 g/mol. The number of nitrogens with one attached hydrogen (secondary N) is 2. The van der Waals surface area contributed by atoms with Gasteiger partial charge < -0.3 is 10.6 Å². The average molecular weight is 429 g/mol. The van der Waals surface area contributed by atoms with Crippen LogP contribution in [0.15, 0.2) is 42.5 Å². The van der Waals surface area contributed by atoms with Gasteiger partial charge in [0.1, 0.15) is 0 Å². The number of amides is 2. The third kappa shape index (κ3) is 6.55. The summed E-state index contributed by atoms with van der Waals surface area (Å²) in [5.74, 6) is 0.00716. The fraction of sp³-hybridized carbons (Fsp3) is 0.391. The fourth-order valence-corrected chi connectivity index (χ4v) is 3.69. The molecule has 1 aliphatic heterocycles. The van der Waals surface area contributed by atoms with Crippen molar-refractivity contribution >= 4 is 29.1 Å². The van der Waals surface area contributed by atoms with Crippen molar-refractivity contribution in [2.24, 2.45) is 0 Å². The molecule has 160 valence electrons. The van der Waals surface area contributed by atoms with Gasteiger partial charge in [0.2, 0.25) is 11.8 Å². The molecule has 0 aromatic heterocycles. The van der Waals surface area contributed by atoms with Crippen molar-refractivity contribution in [1.82, 2.24) is 15.1 Å². The molecule has 2 N–H and O–H groups in total. The molecule has 0 aliphatic carbocycles. The van der Waals surface area contributed by atoms with Crippen LogP contribution in [0, 0.1) is 13.8 Å². The highest BCUT2D eigenvalue weighted by molar-refractivity contribution is 6.30. The Morgan fingerprint density at radius 3 is 1.97 bits per heavy atom. The molecule has 1 saturated heterocycles. The van der Waals surface area contributed by atoms with Crippen molar-refractivity contribution in [1.29, 1.82) is 0 Å². The molecule has 1 heterocycles. The average Bonchev–Trinajstić information content (AvgIpc) is 2.72. The van der Waals surface area contributed by atoms with Gasteiger partial charge in [-0.2, -0.15) is 0 Å². The second kappa shape index (κ2) is 10.6. The summed E-state index contributed by atoms with van der Waals surface area (Å²) in [6.07, 6.45) is 0. The second-order valence-electron chi connectivity index (χ2n) is 7.77. The summed E-state index contributed by atoms with van der Waals surface area (Å²) in [6, 6.07) is 13.4. The van der Waals surface area contributed by atoms with E-state index in [4.69, 9.17) is 11.6 Å². The maximum Gasteiger partial charge on any atom is 0.238 e. The summed E-state index contributed by atoms with van der Waals surface area (Å²) in [6.45, 7) is 8.30. The molecule has 0 unspecified atom stereocenters. The largest absolute Gasteiger partial charge is 0.351 e. The maximum atomic E-state index is 12.4. The van der Waals surface area contributed by atoms with E-state index in [9.17, 15) is 9.59 Å². The third-order valence-corrected chi connectivity index (χ3v) is 5.60. The summed E-state index contributed by atoms with van der Waals surface area (Å²) >= 11 is 5.88. The smallest absolute Gasteiger partial charge is 0.238 e. The summed E-state index contributed by atoms with van der Waals surface area (Å²) < 4.78 is 0. The van der Waals surface area contributed by atoms with Crippen LogP contribution in [0.3, 0.4) is 0 Å². The SMILES string of the molecule is Cc1cccc(C)c1NC(=O)CN1CCN(CC(=O)NCc2ccc(Cl)cc2)CC1. The van der Waals surface area contributed by atoms with Gasteiger partial charge in [-0.15, -0.1) is 0 Å². The Bertz CT molecular complexity index is 857. The minimum Gasteiger partial charge on any atom is -0.351 e.